The van der Waals surface area contributed by atoms with Gasteiger partial charge in [-0.1, -0.05) is 145 Å². The van der Waals surface area contributed by atoms with Gasteiger partial charge >= 0.3 is 33.3 Å². The van der Waals surface area contributed by atoms with Gasteiger partial charge in [0.15, 0.2) is 12.3 Å². The Morgan fingerprint density at radius 1 is 0.814 bits per heavy atom. The van der Waals surface area contributed by atoms with E-state index in [2.05, 4.69) is 23.1 Å². The zero-order valence-corrected chi connectivity index (χ0v) is 42.5. The Morgan fingerprint density at radius 2 is 1.46 bits per heavy atom. The van der Waals surface area contributed by atoms with Crippen molar-refractivity contribution in [1.29, 1.82) is 0 Å². The summed E-state index contributed by atoms with van der Waals surface area (Å²) >= 11 is 0. The molecule has 2 heterocycles. The number of phosphoric ester groups is 2. The summed E-state index contributed by atoms with van der Waals surface area (Å²) in [4.78, 5) is 61.7. The predicted octanol–water partition coefficient (Wildman–Crippen LogP) is 7.13. The van der Waals surface area contributed by atoms with Crippen molar-refractivity contribution < 1.29 is 76.5 Å². The van der Waals surface area contributed by atoms with Gasteiger partial charge < -0.3 is 50.2 Å². The monoisotopic (exact) mass is 1030 g/mol. The van der Waals surface area contributed by atoms with Crippen LogP contribution >= 0.6 is 15.6 Å². The number of esters is 2. The average Bonchev–Trinajstić information content (AvgIpc) is 3.57. The lowest BCUT2D eigenvalue weighted by Gasteiger charge is -2.21. The molecule has 2 unspecified atom stereocenters. The second-order valence-corrected chi connectivity index (χ2v) is 20.2. The molecule has 2 rings (SSSR count). The highest BCUT2D eigenvalue weighted by atomic mass is 31.3. The molecule has 0 aliphatic carbocycles. The third-order valence-electron chi connectivity index (χ3n) is 10.4. The molecule has 0 amide bonds. The number of nitrogen functional groups attached to an aromatic ring is 1. The third-order valence-corrected chi connectivity index (χ3v) is 13.0. The van der Waals surface area contributed by atoms with Crippen molar-refractivity contribution in [3.63, 3.8) is 0 Å². The summed E-state index contributed by atoms with van der Waals surface area (Å²) in [6.45, 7) is 3.99. The summed E-state index contributed by atoms with van der Waals surface area (Å²) in [5.74, 6) is -0.800. The minimum absolute atomic E-state index is 0.0798. The number of carbonyl (C=O) groups excluding carboxylic acids is 2. The summed E-state index contributed by atoms with van der Waals surface area (Å²) < 4.78 is 56.5. The summed E-state index contributed by atoms with van der Waals surface area (Å²) in [6.07, 6.45) is 25.2. The van der Waals surface area contributed by atoms with Crippen LogP contribution in [-0.2, 0) is 46.3 Å². The fourth-order valence-corrected chi connectivity index (χ4v) is 8.76. The van der Waals surface area contributed by atoms with Crippen molar-refractivity contribution in [2.24, 2.45) is 5.92 Å². The molecule has 1 aliphatic heterocycles. The first-order valence-electron chi connectivity index (χ1n) is 24.0. The molecule has 8 N–H and O–H groups in total. The van der Waals surface area contributed by atoms with Gasteiger partial charge in [-0.25, -0.2) is 13.9 Å². The first-order chi connectivity index (χ1) is 33.3. The Hall–Kier alpha value is -3.88. The Bertz CT molecular complexity index is 2010. The number of aliphatic hydroxyl groups is 4. The number of aliphatic hydroxyl groups excluding tert-OH is 4. The molecular formula is C48H77N3O17P2. The zero-order valence-electron chi connectivity index (χ0n) is 40.7. The van der Waals surface area contributed by atoms with Gasteiger partial charge in [0.05, 0.1) is 25.4 Å². The van der Waals surface area contributed by atoms with Gasteiger partial charge in [-0.2, -0.15) is 9.29 Å². The first-order valence-corrected chi connectivity index (χ1v) is 27.0. The fourth-order valence-electron chi connectivity index (χ4n) is 6.65. The number of rotatable bonds is 37. The number of hydrogen-bond acceptors (Lipinski definition) is 17. The number of unbranched alkanes of at least 4 members (excludes halogenated alkanes) is 8. The lowest BCUT2D eigenvalue weighted by atomic mass is 10.0. The third kappa shape index (κ3) is 28.8. The van der Waals surface area contributed by atoms with Crippen molar-refractivity contribution in [2.75, 3.05) is 25.6 Å². The molecule has 9 atom stereocenters. The molecule has 1 aromatic heterocycles. The maximum Gasteiger partial charge on any atom is 0.481 e. The van der Waals surface area contributed by atoms with E-state index in [4.69, 9.17) is 29.0 Å². The second kappa shape index (κ2) is 35.3. The Morgan fingerprint density at radius 3 is 2.13 bits per heavy atom. The molecule has 1 aliphatic rings. The van der Waals surface area contributed by atoms with E-state index >= 15 is 0 Å². The van der Waals surface area contributed by atoms with Crippen molar-refractivity contribution in [3.8, 4) is 0 Å². The average molecular weight is 1030 g/mol. The van der Waals surface area contributed by atoms with Gasteiger partial charge in [0.1, 0.15) is 30.7 Å². The summed E-state index contributed by atoms with van der Waals surface area (Å²) in [5.41, 5.74) is 4.56. The maximum atomic E-state index is 12.8. The smallest absolute Gasteiger partial charge is 0.462 e. The van der Waals surface area contributed by atoms with Gasteiger partial charge in [-0.3, -0.25) is 23.2 Å². The molecular weight excluding hydrogens is 952 g/mol. The summed E-state index contributed by atoms with van der Waals surface area (Å²) in [5, 5.41) is 41.0. The molecule has 70 heavy (non-hydrogen) atoms. The van der Waals surface area contributed by atoms with Crippen LogP contribution in [0.3, 0.4) is 0 Å². The van der Waals surface area contributed by atoms with Crippen LogP contribution in [0.1, 0.15) is 130 Å². The SMILES string of the molecule is CC/C=C\C[C@H](O)/C=C/C=C\C/C=C\C=C\[C@H](O)/C=C\CCCC(=O)O[C@H](COC(=O)CCCCCCCCCCC(C)C)COP(=O)(O)OP(=O)(O)OC[C@H]1O[C@@H](n2ccc(N)nc2=O)[C@H](O)[C@@H]1O. The lowest BCUT2D eigenvalue weighted by molar-refractivity contribution is -0.161. The number of allylic oxidation sites excluding steroid dienone is 8. The van der Waals surface area contributed by atoms with E-state index in [-0.39, 0.29) is 25.1 Å². The highest BCUT2D eigenvalue weighted by molar-refractivity contribution is 7.61. The van der Waals surface area contributed by atoms with Crippen molar-refractivity contribution >= 4 is 33.4 Å². The van der Waals surface area contributed by atoms with Crippen LogP contribution in [-0.4, -0.2) is 108 Å². The van der Waals surface area contributed by atoms with Crippen LogP contribution in [0.4, 0.5) is 5.82 Å². The minimum atomic E-state index is -5.47. The number of aromatic nitrogens is 2. The summed E-state index contributed by atoms with van der Waals surface area (Å²) in [6, 6.07) is 1.23. The Labute approximate surface area is 411 Å². The van der Waals surface area contributed by atoms with Crippen molar-refractivity contribution in [3.05, 3.63) is 95.7 Å². The topological polar surface area (TPSA) is 306 Å². The zero-order chi connectivity index (χ0) is 51.8. The minimum Gasteiger partial charge on any atom is -0.462 e. The molecule has 20 nitrogen and oxygen atoms in total. The standard InChI is InChI=1S/C48H77N3O17P2/c1-4-5-18-26-38(52)27-20-14-10-8-11-15-21-28-39(53)29-22-17-24-31-44(55)66-40(34-63-43(54)30-23-16-12-7-6-9-13-19-25-37(2)3)35-64-69(59,60)68-70(61,62)65-36-41-45(56)46(57)47(67-41)51-33-32-42(49)50-48(51)58/h5,10-11,14-15,18,20-22,27-29,32-33,37-41,45-47,52-53,56-57H,4,6-9,12-13,16-17,19,23-26,30-31,34-36H2,1-3H3,(H,59,60)(H,61,62)(H2,49,50,58)/b14-10-,15-11-,18-5-,27-20+,28-21+,29-22-/t38-,39-,40+,41+,45+,46+,47+/m0/s1. The van der Waals surface area contributed by atoms with Gasteiger partial charge in [0.25, 0.3) is 0 Å². The predicted molar refractivity (Wildman–Crippen MR) is 264 cm³/mol. The van der Waals surface area contributed by atoms with E-state index in [0.29, 0.717) is 31.6 Å². The van der Waals surface area contributed by atoms with Crippen LogP contribution in [0.5, 0.6) is 0 Å². The van der Waals surface area contributed by atoms with Crippen molar-refractivity contribution in [1.82, 2.24) is 9.55 Å². The lowest BCUT2D eigenvalue weighted by Crippen LogP contribution is -2.36. The van der Waals surface area contributed by atoms with Gasteiger partial charge in [-0.15, -0.1) is 0 Å². The Kier molecular flexibility index (Phi) is 31.4. The van der Waals surface area contributed by atoms with E-state index in [9.17, 15) is 53.7 Å². The molecule has 396 valence electrons. The van der Waals surface area contributed by atoms with Crippen molar-refractivity contribution in [2.45, 2.75) is 166 Å². The first kappa shape index (κ1) is 62.2. The van der Waals surface area contributed by atoms with E-state index in [1.165, 1.54) is 31.7 Å². The van der Waals surface area contributed by atoms with E-state index in [0.717, 1.165) is 42.9 Å². The molecule has 1 saturated heterocycles. The molecule has 0 aromatic carbocycles. The highest BCUT2D eigenvalue weighted by Crippen LogP contribution is 2.60. The van der Waals surface area contributed by atoms with Gasteiger partial charge in [0, 0.05) is 19.0 Å². The normalized spacial score (nSPS) is 20.9. The number of nitrogens with two attached hydrogens (primary N) is 1. The molecule has 22 heteroatoms. The molecule has 0 bridgehead atoms. The maximum absolute atomic E-state index is 12.8. The largest absolute Gasteiger partial charge is 0.481 e. The van der Waals surface area contributed by atoms with Crippen LogP contribution in [0.2, 0.25) is 0 Å². The number of phosphoric acid groups is 2. The van der Waals surface area contributed by atoms with Gasteiger partial charge in [-0.05, 0) is 50.5 Å². The molecule has 0 spiro atoms. The molecule has 0 saturated carbocycles. The van der Waals surface area contributed by atoms with E-state index < -0.39 is 95.9 Å². The number of hydrogen-bond donors (Lipinski definition) is 7. The van der Waals surface area contributed by atoms with E-state index in [1.54, 1.807) is 42.5 Å². The molecule has 1 fully saturated rings. The number of carbonyl (C=O) groups is 2. The van der Waals surface area contributed by atoms with E-state index in [1.807, 2.05) is 37.3 Å². The quantitative estimate of drug-likeness (QED) is 0.0115. The fraction of sp³-hybridized carbons (Fsp3) is 0.625. The number of anilines is 1. The Balaban J connectivity index is 1.89. The molecule has 0 radical (unpaired) electrons. The van der Waals surface area contributed by atoms with Gasteiger partial charge in [0.2, 0.25) is 0 Å². The van der Waals surface area contributed by atoms with Crippen LogP contribution < -0.4 is 11.4 Å². The molecule has 1 aromatic rings. The summed E-state index contributed by atoms with van der Waals surface area (Å²) in [7, 11) is -10.9. The van der Waals surface area contributed by atoms with Crippen LogP contribution in [0, 0.1) is 5.92 Å². The number of ether oxygens (including phenoxy) is 3. The van der Waals surface area contributed by atoms with Crippen LogP contribution in [0.25, 0.3) is 0 Å². The highest BCUT2D eigenvalue weighted by Gasteiger charge is 2.46. The number of nitrogens with zero attached hydrogens (tertiary/aromatic N) is 2. The second-order valence-electron chi connectivity index (χ2n) is 17.1. The van der Waals surface area contributed by atoms with Crippen LogP contribution in [0.15, 0.2) is 90.0 Å².